The number of hydrogen-bond donors (Lipinski definition) is 2. The highest BCUT2D eigenvalue weighted by atomic mass is 16.5. The van der Waals surface area contributed by atoms with Crippen LogP contribution in [0.4, 0.5) is 4.79 Å². The molecule has 0 aromatic carbocycles. The van der Waals surface area contributed by atoms with Gasteiger partial charge >= 0.3 is 6.03 Å². The van der Waals surface area contributed by atoms with E-state index in [0.29, 0.717) is 13.2 Å². The molecule has 0 saturated heterocycles. The van der Waals surface area contributed by atoms with Gasteiger partial charge in [-0.25, -0.2) is 4.79 Å². The highest BCUT2D eigenvalue weighted by Gasteiger charge is 2.25. The molecule has 0 aliphatic heterocycles. The van der Waals surface area contributed by atoms with Crippen LogP contribution in [-0.2, 0) is 9.47 Å². The number of carbonyl (C=O) groups is 1. The normalized spacial score (nSPS) is 14.4. The molecule has 0 spiro atoms. The molecule has 0 fully saturated rings. The second-order valence-corrected chi connectivity index (χ2v) is 10.4. The highest BCUT2D eigenvalue weighted by molar-refractivity contribution is 5.73. The van der Waals surface area contributed by atoms with Crippen molar-refractivity contribution in [3.05, 3.63) is 0 Å². The molecule has 0 heterocycles. The summed E-state index contributed by atoms with van der Waals surface area (Å²) in [5.74, 6) is 0. The summed E-state index contributed by atoms with van der Waals surface area (Å²) in [4.78, 5) is 12.3. The number of urea groups is 1. The van der Waals surface area contributed by atoms with Crippen molar-refractivity contribution in [1.82, 2.24) is 10.6 Å². The highest BCUT2D eigenvalue weighted by Crippen LogP contribution is 2.30. The first-order chi connectivity index (χ1) is 14.0. The summed E-state index contributed by atoms with van der Waals surface area (Å²) in [6.07, 6.45) is 11.5. The fraction of sp³-hybridized carbons (Fsp3) is 0.960. The predicted molar refractivity (Wildman–Crippen MR) is 128 cm³/mol. The van der Waals surface area contributed by atoms with Crippen molar-refractivity contribution in [2.24, 2.45) is 5.41 Å². The SMILES string of the molecule is CCCCCCC(C)(CCCC)CNC(=O)NCCC(C)(C)OCCC(C)(C)OC. The van der Waals surface area contributed by atoms with E-state index in [4.69, 9.17) is 9.47 Å². The van der Waals surface area contributed by atoms with Gasteiger partial charge in [0.05, 0.1) is 17.8 Å². The van der Waals surface area contributed by atoms with Gasteiger partial charge in [0, 0.05) is 20.2 Å². The van der Waals surface area contributed by atoms with Crippen LogP contribution in [0.2, 0.25) is 0 Å². The smallest absolute Gasteiger partial charge is 0.314 e. The summed E-state index contributed by atoms with van der Waals surface area (Å²) in [7, 11) is 1.73. The number of carbonyl (C=O) groups excluding carboxylic acids is 1. The van der Waals surface area contributed by atoms with Crippen molar-refractivity contribution < 1.29 is 14.3 Å². The van der Waals surface area contributed by atoms with Gasteiger partial charge in [-0.15, -0.1) is 0 Å². The molecule has 0 aromatic rings. The molecule has 180 valence electrons. The molecular weight excluding hydrogens is 376 g/mol. The number of ether oxygens (including phenoxy) is 2. The lowest BCUT2D eigenvalue weighted by atomic mass is 9.80. The van der Waals surface area contributed by atoms with E-state index >= 15 is 0 Å². The Balaban J connectivity index is 4.26. The minimum atomic E-state index is -0.272. The molecule has 0 aromatic heterocycles. The zero-order chi connectivity index (χ0) is 23.1. The van der Waals surface area contributed by atoms with Crippen LogP contribution in [0.3, 0.4) is 0 Å². The zero-order valence-corrected chi connectivity index (χ0v) is 21.4. The molecule has 2 amide bonds. The van der Waals surface area contributed by atoms with Crippen molar-refractivity contribution in [3.63, 3.8) is 0 Å². The molecule has 0 rings (SSSR count). The molecule has 0 radical (unpaired) electrons. The molecule has 1 unspecified atom stereocenters. The van der Waals surface area contributed by atoms with Gasteiger partial charge in [0.25, 0.3) is 0 Å². The van der Waals surface area contributed by atoms with Crippen LogP contribution in [-0.4, -0.2) is 44.0 Å². The van der Waals surface area contributed by atoms with Gasteiger partial charge in [-0.1, -0.05) is 59.3 Å². The lowest BCUT2D eigenvalue weighted by molar-refractivity contribution is -0.0604. The number of methoxy groups -OCH3 is 1. The van der Waals surface area contributed by atoms with Crippen LogP contribution >= 0.6 is 0 Å². The molecule has 5 nitrogen and oxygen atoms in total. The largest absolute Gasteiger partial charge is 0.379 e. The molecule has 0 aliphatic carbocycles. The van der Waals surface area contributed by atoms with Gasteiger partial charge in [-0.2, -0.15) is 0 Å². The van der Waals surface area contributed by atoms with Crippen LogP contribution < -0.4 is 10.6 Å². The Morgan fingerprint density at radius 3 is 2.00 bits per heavy atom. The fourth-order valence-corrected chi connectivity index (χ4v) is 3.46. The summed E-state index contributed by atoms with van der Waals surface area (Å²) in [5.41, 5.74) is -0.251. The Morgan fingerprint density at radius 2 is 1.40 bits per heavy atom. The van der Waals surface area contributed by atoms with E-state index in [1.165, 1.54) is 51.4 Å². The van der Waals surface area contributed by atoms with Gasteiger partial charge in [-0.3, -0.25) is 0 Å². The van der Waals surface area contributed by atoms with Crippen LogP contribution in [0.5, 0.6) is 0 Å². The lowest BCUT2D eigenvalue weighted by Crippen LogP contribution is -2.43. The molecule has 30 heavy (non-hydrogen) atoms. The first-order valence-corrected chi connectivity index (χ1v) is 12.2. The van der Waals surface area contributed by atoms with Crippen LogP contribution in [0.15, 0.2) is 0 Å². The fourth-order valence-electron chi connectivity index (χ4n) is 3.46. The quantitative estimate of drug-likeness (QED) is 0.247. The average molecular weight is 429 g/mol. The van der Waals surface area contributed by atoms with E-state index in [-0.39, 0.29) is 22.6 Å². The van der Waals surface area contributed by atoms with E-state index in [0.717, 1.165) is 19.4 Å². The van der Waals surface area contributed by atoms with Gasteiger partial charge in [0.1, 0.15) is 0 Å². The molecule has 0 saturated carbocycles. The topological polar surface area (TPSA) is 59.6 Å². The van der Waals surface area contributed by atoms with E-state index < -0.39 is 0 Å². The minimum Gasteiger partial charge on any atom is -0.379 e. The second kappa shape index (κ2) is 15.1. The standard InChI is InChI=1S/C25H52N2O3/c1-9-11-13-14-16-25(7,15-12-10-2)21-27-22(28)26-19-17-24(5,6)30-20-18-23(3,4)29-8/h9-21H2,1-8H3,(H2,26,27,28). The summed E-state index contributed by atoms with van der Waals surface area (Å²) < 4.78 is 11.5. The van der Waals surface area contributed by atoms with E-state index in [9.17, 15) is 4.79 Å². The maximum Gasteiger partial charge on any atom is 0.314 e. The molecule has 2 N–H and O–H groups in total. The first-order valence-electron chi connectivity index (χ1n) is 12.2. The Hall–Kier alpha value is -0.810. The van der Waals surface area contributed by atoms with E-state index in [1.54, 1.807) is 7.11 Å². The lowest BCUT2D eigenvalue weighted by Gasteiger charge is -2.31. The van der Waals surface area contributed by atoms with Gasteiger partial charge in [0.15, 0.2) is 0 Å². The third-order valence-corrected chi connectivity index (χ3v) is 6.21. The van der Waals surface area contributed by atoms with Crippen LogP contribution in [0, 0.1) is 5.41 Å². The van der Waals surface area contributed by atoms with Crippen molar-refractivity contribution in [2.75, 3.05) is 26.8 Å². The number of hydrogen-bond acceptors (Lipinski definition) is 3. The zero-order valence-electron chi connectivity index (χ0n) is 21.4. The summed E-state index contributed by atoms with van der Waals surface area (Å²) in [6.45, 7) is 17.1. The first kappa shape index (κ1) is 29.2. The van der Waals surface area contributed by atoms with Crippen LogP contribution in [0.1, 0.15) is 113 Å². The van der Waals surface area contributed by atoms with Crippen LogP contribution in [0.25, 0.3) is 0 Å². The molecule has 1 atom stereocenters. The third kappa shape index (κ3) is 15.1. The maximum atomic E-state index is 12.3. The monoisotopic (exact) mass is 428 g/mol. The Morgan fingerprint density at radius 1 is 0.767 bits per heavy atom. The molecule has 0 aliphatic rings. The van der Waals surface area contributed by atoms with Crippen molar-refractivity contribution in [2.45, 2.75) is 124 Å². The Bertz CT molecular complexity index is 452. The van der Waals surface area contributed by atoms with E-state index in [2.05, 4.69) is 59.1 Å². The van der Waals surface area contributed by atoms with Crippen molar-refractivity contribution >= 4 is 6.03 Å². The molecule has 0 bridgehead atoms. The Kier molecular flexibility index (Phi) is 14.7. The van der Waals surface area contributed by atoms with E-state index in [1.807, 2.05) is 0 Å². The van der Waals surface area contributed by atoms with Gasteiger partial charge < -0.3 is 20.1 Å². The molecule has 5 heteroatoms. The maximum absolute atomic E-state index is 12.3. The minimum absolute atomic E-state index is 0.0670. The number of rotatable bonds is 18. The van der Waals surface area contributed by atoms with Gasteiger partial charge in [0.2, 0.25) is 0 Å². The number of unbranched alkanes of at least 4 members (excludes halogenated alkanes) is 4. The second-order valence-electron chi connectivity index (χ2n) is 10.4. The average Bonchev–Trinajstić information content (AvgIpc) is 2.68. The van der Waals surface area contributed by atoms with Crippen molar-refractivity contribution in [3.8, 4) is 0 Å². The number of nitrogens with one attached hydrogen (secondary N) is 2. The molecular formula is C25H52N2O3. The summed E-state index contributed by atoms with van der Waals surface area (Å²) in [6, 6.07) is -0.0670. The predicted octanol–water partition coefficient (Wildman–Crippen LogP) is 6.45. The van der Waals surface area contributed by atoms with Crippen molar-refractivity contribution in [1.29, 1.82) is 0 Å². The summed E-state index contributed by atoms with van der Waals surface area (Å²) >= 11 is 0. The number of amides is 2. The Labute approximate surface area is 187 Å². The van der Waals surface area contributed by atoms with Gasteiger partial charge in [-0.05, 0) is 58.8 Å². The third-order valence-electron chi connectivity index (χ3n) is 6.21. The summed E-state index contributed by atoms with van der Waals surface area (Å²) in [5, 5.41) is 6.13.